The Balaban J connectivity index is 1.94. The van der Waals surface area contributed by atoms with Crippen molar-refractivity contribution in [2.75, 3.05) is 26.2 Å². The molecule has 0 saturated carbocycles. The van der Waals surface area contributed by atoms with Gasteiger partial charge >= 0.3 is 0 Å². The number of amides is 1. The first-order valence-corrected chi connectivity index (χ1v) is 7.53. The van der Waals surface area contributed by atoms with Crippen LogP contribution in [0.1, 0.15) is 18.4 Å². The first-order valence-electron chi connectivity index (χ1n) is 7.53. The van der Waals surface area contributed by atoms with Crippen LogP contribution in [-0.2, 0) is 11.3 Å². The maximum atomic E-state index is 12.0. The van der Waals surface area contributed by atoms with Crippen LogP contribution in [0.2, 0.25) is 0 Å². The normalized spacial score (nSPS) is 18.9. The Morgan fingerprint density at radius 1 is 1.50 bits per heavy atom. The number of non-ortho nitro benzene ring substituents is 1. The van der Waals surface area contributed by atoms with E-state index in [0.717, 1.165) is 24.9 Å². The quantitative estimate of drug-likeness (QED) is 0.600. The average molecular weight is 306 g/mol. The molecule has 1 heterocycles. The number of piperidine rings is 1. The Bertz CT molecular complexity index is 535. The lowest BCUT2D eigenvalue weighted by Crippen LogP contribution is -2.43. The zero-order valence-electron chi connectivity index (χ0n) is 12.5. The van der Waals surface area contributed by atoms with E-state index >= 15 is 0 Å². The van der Waals surface area contributed by atoms with Crippen LogP contribution in [-0.4, -0.2) is 41.9 Å². The van der Waals surface area contributed by atoms with Crippen LogP contribution < -0.4 is 11.1 Å². The molecular weight excluding hydrogens is 284 g/mol. The highest BCUT2D eigenvalue weighted by atomic mass is 16.6. The van der Waals surface area contributed by atoms with Crippen LogP contribution in [0.4, 0.5) is 5.69 Å². The number of carbonyl (C=O) groups is 1. The molecular formula is C15H22N4O3. The van der Waals surface area contributed by atoms with Crippen LogP contribution in [0.25, 0.3) is 0 Å². The molecule has 0 aromatic heterocycles. The zero-order chi connectivity index (χ0) is 15.9. The molecule has 22 heavy (non-hydrogen) atoms. The van der Waals surface area contributed by atoms with Gasteiger partial charge in [-0.05, 0) is 24.9 Å². The predicted molar refractivity (Wildman–Crippen MR) is 83.2 cm³/mol. The fraction of sp³-hybridized carbons (Fsp3) is 0.533. The van der Waals surface area contributed by atoms with Crippen LogP contribution in [0.15, 0.2) is 24.3 Å². The molecule has 0 radical (unpaired) electrons. The molecule has 1 saturated heterocycles. The van der Waals surface area contributed by atoms with Crippen molar-refractivity contribution < 1.29 is 9.72 Å². The number of nitro groups is 1. The van der Waals surface area contributed by atoms with Crippen molar-refractivity contribution in [2.24, 2.45) is 11.7 Å². The number of benzene rings is 1. The highest BCUT2D eigenvalue weighted by Gasteiger charge is 2.25. The number of hydrogen-bond acceptors (Lipinski definition) is 5. The maximum absolute atomic E-state index is 12.0. The molecule has 1 aliphatic rings. The number of carbonyl (C=O) groups excluding carboxylic acids is 1. The van der Waals surface area contributed by atoms with Gasteiger partial charge in [-0.25, -0.2) is 0 Å². The Kier molecular flexibility index (Phi) is 5.85. The summed E-state index contributed by atoms with van der Waals surface area (Å²) in [5.41, 5.74) is 6.40. The van der Waals surface area contributed by atoms with Gasteiger partial charge in [-0.2, -0.15) is 0 Å². The number of nitrogens with two attached hydrogens (primary N) is 1. The van der Waals surface area contributed by atoms with E-state index in [2.05, 4.69) is 10.2 Å². The second-order valence-corrected chi connectivity index (χ2v) is 5.58. The number of nitrogens with one attached hydrogen (secondary N) is 1. The second kappa shape index (κ2) is 7.86. The van der Waals surface area contributed by atoms with Gasteiger partial charge in [-0.3, -0.25) is 19.8 Å². The number of nitrogens with zero attached hydrogens (tertiary/aromatic N) is 2. The highest BCUT2D eigenvalue weighted by Crippen LogP contribution is 2.20. The summed E-state index contributed by atoms with van der Waals surface area (Å²) in [6.45, 7) is 3.15. The first kappa shape index (κ1) is 16.4. The third-order valence-corrected chi connectivity index (χ3v) is 3.85. The van der Waals surface area contributed by atoms with Crippen LogP contribution >= 0.6 is 0 Å². The van der Waals surface area contributed by atoms with Crippen LogP contribution in [0.5, 0.6) is 0 Å². The lowest BCUT2D eigenvalue weighted by molar-refractivity contribution is -0.384. The molecule has 1 aromatic carbocycles. The summed E-state index contributed by atoms with van der Waals surface area (Å²) >= 11 is 0. The van der Waals surface area contributed by atoms with Crippen LogP contribution in [0.3, 0.4) is 0 Å². The van der Waals surface area contributed by atoms with Crippen molar-refractivity contribution in [1.29, 1.82) is 0 Å². The summed E-state index contributed by atoms with van der Waals surface area (Å²) in [7, 11) is 0. The van der Waals surface area contributed by atoms with Gasteiger partial charge < -0.3 is 11.1 Å². The molecule has 0 spiro atoms. The van der Waals surface area contributed by atoms with E-state index in [-0.39, 0.29) is 22.4 Å². The van der Waals surface area contributed by atoms with Gasteiger partial charge in [-0.15, -0.1) is 0 Å². The Morgan fingerprint density at radius 2 is 2.32 bits per heavy atom. The number of nitro benzene ring substituents is 1. The Morgan fingerprint density at radius 3 is 3.05 bits per heavy atom. The van der Waals surface area contributed by atoms with Crippen molar-refractivity contribution in [3.05, 3.63) is 39.9 Å². The van der Waals surface area contributed by atoms with Gasteiger partial charge in [0.25, 0.3) is 5.69 Å². The van der Waals surface area contributed by atoms with Gasteiger partial charge in [-0.1, -0.05) is 12.1 Å². The zero-order valence-corrected chi connectivity index (χ0v) is 12.5. The molecule has 2 rings (SSSR count). The van der Waals surface area contributed by atoms with E-state index in [0.29, 0.717) is 26.2 Å². The molecule has 1 aliphatic heterocycles. The molecule has 1 fully saturated rings. The van der Waals surface area contributed by atoms with Crippen molar-refractivity contribution in [3.63, 3.8) is 0 Å². The molecule has 3 N–H and O–H groups in total. The van der Waals surface area contributed by atoms with Crippen molar-refractivity contribution in [2.45, 2.75) is 19.4 Å². The van der Waals surface area contributed by atoms with E-state index < -0.39 is 0 Å². The monoisotopic (exact) mass is 306 g/mol. The summed E-state index contributed by atoms with van der Waals surface area (Å²) in [6, 6.07) is 6.66. The Labute approximate surface area is 129 Å². The van der Waals surface area contributed by atoms with E-state index in [9.17, 15) is 14.9 Å². The fourth-order valence-corrected chi connectivity index (χ4v) is 2.78. The average Bonchev–Trinajstić information content (AvgIpc) is 2.53. The minimum Gasteiger partial charge on any atom is -0.355 e. The van der Waals surface area contributed by atoms with Gasteiger partial charge in [0.05, 0.1) is 10.8 Å². The molecule has 1 aromatic rings. The summed E-state index contributed by atoms with van der Waals surface area (Å²) in [5, 5.41) is 13.6. The molecule has 1 unspecified atom stereocenters. The maximum Gasteiger partial charge on any atom is 0.269 e. The lowest BCUT2D eigenvalue weighted by atomic mass is 9.96. The lowest BCUT2D eigenvalue weighted by Gasteiger charge is -2.32. The fourth-order valence-electron chi connectivity index (χ4n) is 2.78. The third kappa shape index (κ3) is 4.51. The van der Waals surface area contributed by atoms with Crippen molar-refractivity contribution in [3.8, 4) is 0 Å². The summed E-state index contributed by atoms with van der Waals surface area (Å²) in [4.78, 5) is 24.6. The minimum atomic E-state index is -0.386. The molecule has 7 nitrogen and oxygen atoms in total. The topological polar surface area (TPSA) is 102 Å². The van der Waals surface area contributed by atoms with Gasteiger partial charge in [0.2, 0.25) is 5.91 Å². The van der Waals surface area contributed by atoms with Gasteiger partial charge in [0, 0.05) is 38.3 Å². The Hall–Kier alpha value is -1.99. The first-order chi connectivity index (χ1) is 10.6. The molecule has 7 heteroatoms. The predicted octanol–water partition coefficient (Wildman–Crippen LogP) is 0.882. The van der Waals surface area contributed by atoms with Gasteiger partial charge in [0.15, 0.2) is 0 Å². The van der Waals surface area contributed by atoms with Crippen molar-refractivity contribution in [1.82, 2.24) is 10.2 Å². The SMILES string of the molecule is NCCNC(=O)C1CCCN(Cc2cccc([N+](=O)[O-])c2)C1. The van der Waals surface area contributed by atoms with Gasteiger partial charge in [0.1, 0.15) is 0 Å². The summed E-state index contributed by atoms with van der Waals surface area (Å²) < 4.78 is 0. The van der Waals surface area contributed by atoms with E-state index in [1.54, 1.807) is 12.1 Å². The van der Waals surface area contributed by atoms with Crippen LogP contribution in [0, 0.1) is 16.0 Å². The molecule has 0 aliphatic carbocycles. The van der Waals surface area contributed by atoms with E-state index in [1.165, 1.54) is 6.07 Å². The smallest absolute Gasteiger partial charge is 0.269 e. The van der Waals surface area contributed by atoms with E-state index in [4.69, 9.17) is 5.73 Å². The van der Waals surface area contributed by atoms with E-state index in [1.807, 2.05) is 6.07 Å². The summed E-state index contributed by atoms with van der Waals surface area (Å²) in [5.74, 6) is 0.0215. The largest absolute Gasteiger partial charge is 0.355 e. The van der Waals surface area contributed by atoms with Crippen molar-refractivity contribution >= 4 is 11.6 Å². The molecule has 120 valence electrons. The highest BCUT2D eigenvalue weighted by molar-refractivity contribution is 5.78. The minimum absolute atomic E-state index is 0.0287. The number of rotatable bonds is 6. The summed E-state index contributed by atoms with van der Waals surface area (Å²) in [6.07, 6.45) is 1.83. The molecule has 1 atom stereocenters. The molecule has 0 bridgehead atoms. The number of hydrogen-bond donors (Lipinski definition) is 2. The second-order valence-electron chi connectivity index (χ2n) is 5.58. The standard InChI is InChI=1S/C15H22N4O3/c16-6-7-17-15(20)13-4-2-8-18(11-13)10-12-3-1-5-14(9-12)19(21)22/h1,3,5,9,13H,2,4,6-8,10-11,16H2,(H,17,20). The number of likely N-dealkylation sites (tertiary alicyclic amines) is 1. The third-order valence-electron chi connectivity index (χ3n) is 3.85. The molecule has 1 amide bonds.